The highest BCUT2D eigenvalue weighted by atomic mass is 79.9. The molecule has 20 heavy (non-hydrogen) atoms. The first-order valence-electron chi connectivity index (χ1n) is 7.03. The van der Waals surface area contributed by atoms with Gasteiger partial charge >= 0.3 is 0 Å². The van der Waals surface area contributed by atoms with Crippen LogP contribution in [-0.4, -0.2) is 45.8 Å². The first kappa shape index (κ1) is 13.9. The molecule has 1 fully saturated rings. The lowest BCUT2D eigenvalue weighted by Gasteiger charge is -2.22. The second-order valence-corrected chi connectivity index (χ2v) is 6.17. The molecule has 1 atom stereocenters. The number of benzene rings is 1. The summed E-state index contributed by atoms with van der Waals surface area (Å²) in [6, 6.07) is 5.83. The number of fused-ring (bicyclic) bond motifs is 1. The van der Waals surface area contributed by atoms with Crippen molar-refractivity contribution in [2.24, 2.45) is 0 Å². The third-order valence-electron chi connectivity index (χ3n) is 4.21. The molecule has 0 radical (unpaired) electrons. The highest BCUT2D eigenvalue weighted by Gasteiger charge is 2.24. The maximum atomic E-state index is 10.1. The molecule has 1 saturated heterocycles. The molecule has 2 aromatic rings. The van der Waals surface area contributed by atoms with Gasteiger partial charge in [0.2, 0.25) is 0 Å². The number of rotatable bonds is 4. The molecular formula is C15H19BrN2O2. The van der Waals surface area contributed by atoms with E-state index in [9.17, 15) is 10.2 Å². The Labute approximate surface area is 126 Å². The molecule has 5 heteroatoms. The Kier molecular flexibility index (Phi) is 4.01. The second-order valence-electron chi connectivity index (χ2n) is 5.38. The normalized spacial score (nSPS) is 20.0. The van der Waals surface area contributed by atoms with Gasteiger partial charge in [0.05, 0.1) is 16.7 Å². The first-order chi connectivity index (χ1) is 9.70. The molecular weight excluding hydrogens is 320 g/mol. The van der Waals surface area contributed by atoms with Crippen molar-refractivity contribution < 1.29 is 10.2 Å². The van der Waals surface area contributed by atoms with E-state index < -0.39 is 0 Å². The van der Waals surface area contributed by atoms with Crippen LogP contribution < -0.4 is 0 Å². The molecule has 108 valence electrons. The zero-order valence-electron chi connectivity index (χ0n) is 11.3. The number of phenolic OH excluding ortho intramolecular Hbond substituents is 1. The van der Waals surface area contributed by atoms with Gasteiger partial charge in [-0.3, -0.25) is 4.90 Å². The molecule has 0 aliphatic carbocycles. The number of hydrogen-bond acceptors (Lipinski definition) is 3. The van der Waals surface area contributed by atoms with E-state index in [1.807, 2.05) is 12.1 Å². The largest absolute Gasteiger partial charge is 0.507 e. The molecule has 4 nitrogen and oxygen atoms in total. The summed E-state index contributed by atoms with van der Waals surface area (Å²) in [6.45, 7) is 2.20. The SMILES string of the molecule is OCC1CCCN1CCc1c(Br)[nH]c2cccc(O)c12. The number of nitrogens with one attached hydrogen (secondary N) is 1. The van der Waals surface area contributed by atoms with E-state index in [4.69, 9.17) is 0 Å². The minimum Gasteiger partial charge on any atom is -0.507 e. The molecule has 2 heterocycles. The van der Waals surface area contributed by atoms with Crippen LogP contribution in [0.2, 0.25) is 0 Å². The fourth-order valence-corrected chi connectivity index (χ4v) is 3.76. The molecule has 0 spiro atoms. The number of aliphatic hydroxyl groups is 1. The number of aromatic nitrogens is 1. The number of aliphatic hydroxyl groups excluding tert-OH is 1. The standard InChI is InChI=1S/C15H19BrN2O2/c16-15-11(6-8-18-7-2-3-10(18)9-19)14-12(17-15)4-1-5-13(14)20/h1,4-5,10,17,19-20H,2-3,6-9H2. The van der Waals surface area contributed by atoms with E-state index in [0.29, 0.717) is 11.8 Å². The second kappa shape index (κ2) is 5.76. The van der Waals surface area contributed by atoms with Crippen molar-refractivity contribution in [3.8, 4) is 5.75 Å². The number of likely N-dealkylation sites (tertiary alicyclic amines) is 1. The van der Waals surface area contributed by atoms with E-state index >= 15 is 0 Å². The predicted octanol–water partition coefficient (Wildman–Crippen LogP) is 2.64. The van der Waals surface area contributed by atoms with Crippen molar-refractivity contribution in [1.29, 1.82) is 0 Å². The molecule has 0 amide bonds. The summed E-state index contributed by atoms with van der Waals surface area (Å²) < 4.78 is 0.939. The van der Waals surface area contributed by atoms with Gasteiger partial charge in [-0.15, -0.1) is 0 Å². The van der Waals surface area contributed by atoms with Gasteiger partial charge < -0.3 is 15.2 Å². The Bertz CT molecular complexity index is 611. The molecule has 1 unspecified atom stereocenters. The van der Waals surface area contributed by atoms with E-state index in [1.165, 1.54) is 0 Å². The van der Waals surface area contributed by atoms with Crippen molar-refractivity contribution >= 4 is 26.8 Å². The summed E-state index contributed by atoms with van der Waals surface area (Å²) in [6.07, 6.45) is 3.09. The van der Waals surface area contributed by atoms with Crippen molar-refractivity contribution in [2.75, 3.05) is 19.7 Å². The average Bonchev–Trinajstić information content (AvgIpc) is 3.00. The van der Waals surface area contributed by atoms with Crippen molar-refractivity contribution in [3.05, 3.63) is 28.4 Å². The molecule has 0 saturated carbocycles. The van der Waals surface area contributed by atoms with Gasteiger partial charge in [0, 0.05) is 18.0 Å². The maximum Gasteiger partial charge on any atom is 0.125 e. The number of H-pyrrole nitrogens is 1. The number of halogens is 1. The van der Waals surface area contributed by atoms with E-state index in [0.717, 1.165) is 53.4 Å². The first-order valence-corrected chi connectivity index (χ1v) is 7.83. The van der Waals surface area contributed by atoms with Gasteiger partial charge in [-0.05, 0) is 59.4 Å². The van der Waals surface area contributed by atoms with Crippen LogP contribution in [-0.2, 0) is 6.42 Å². The van der Waals surface area contributed by atoms with Crippen molar-refractivity contribution in [2.45, 2.75) is 25.3 Å². The molecule has 3 rings (SSSR count). The van der Waals surface area contributed by atoms with Gasteiger partial charge in [-0.1, -0.05) is 6.07 Å². The van der Waals surface area contributed by atoms with Crippen LogP contribution in [0.3, 0.4) is 0 Å². The number of aromatic hydroxyl groups is 1. The summed E-state index contributed by atoms with van der Waals surface area (Å²) in [5.41, 5.74) is 2.06. The number of aromatic amines is 1. The smallest absolute Gasteiger partial charge is 0.125 e. The summed E-state index contributed by atoms with van der Waals surface area (Å²) in [7, 11) is 0. The zero-order valence-corrected chi connectivity index (χ0v) is 12.9. The average molecular weight is 339 g/mol. The van der Waals surface area contributed by atoms with Gasteiger partial charge in [-0.25, -0.2) is 0 Å². The highest BCUT2D eigenvalue weighted by molar-refractivity contribution is 9.10. The molecule has 1 aliphatic rings. The summed E-state index contributed by atoms with van der Waals surface area (Å²) in [5.74, 6) is 0.319. The lowest BCUT2D eigenvalue weighted by Crippen LogP contribution is -2.33. The Morgan fingerprint density at radius 2 is 2.25 bits per heavy atom. The Balaban J connectivity index is 1.82. The Morgan fingerprint density at radius 1 is 1.40 bits per heavy atom. The third kappa shape index (κ3) is 2.45. The lowest BCUT2D eigenvalue weighted by molar-refractivity contribution is 0.160. The maximum absolute atomic E-state index is 10.1. The number of phenols is 1. The predicted molar refractivity (Wildman–Crippen MR) is 83.0 cm³/mol. The van der Waals surface area contributed by atoms with Gasteiger partial charge in [0.15, 0.2) is 0 Å². The van der Waals surface area contributed by atoms with Crippen LogP contribution in [0.25, 0.3) is 10.9 Å². The topological polar surface area (TPSA) is 59.5 Å². The van der Waals surface area contributed by atoms with E-state index in [2.05, 4.69) is 25.8 Å². The van der Waals surface area contributed by atoms with E-state index in [-0.39, 0.29) is 6.61 Å². The number of nitrogens with zero attached hydrogens (tertiary/aromatic N) is 1. The summed E-state index contributed by atoms with van der Waals surface area (Å²) >= 11 is 3.55. The molecule has 1 aromatic carbocycles. The van der Waals surface area contributed by atoms with Crippen LogP contribution >= 0.6 is 15.9 Å². The molecule has 1 aromatic heterocycles. The zero-order chi connectivity index (χ0) is 14.1. The fourth-order valence-electron chi connectivity index (χ4n) is 3.15. The molecule has 1 aliphatic heterocycles. The van der Waals surface area contributed by atoms with Crippen LogP contribution in [0, 0.1) is 0 Å². The quantitative estimate of drug-likeness (QED) is 0.803. The van der Waals surface area contributed by atoms with Crippen LogP contribution in [0.5, 0.6) is 5.75 Å². The van der Waals surface area contributed by atoms with Crippen LogP contribution in [0.4, 0.5) is 0 Å². The monoisotopic (exact) mass is 338 g/mol. The van der Waals surface area contributed by atoms with Gasteiger partial charge in [-0.2, -0.15) is 0 Å². The van der Waals surface area contributed by atoms with Gasteiger partial charge in [0.1, 0.15) is 5.75 Å². The number of hydrogen-bond donors (Lipinski definition) is 3. The minimum atomic E-state index is 0.236. The third-order valence-corrected chi connectivity index (χ3v) is 4.89. The summed E-state index contributed by atoms with van der Waals surface area (Å²) in [5, 5.41) is 20.3. The Hall–Kier alpha value is -1.04. The summed E-state index contributed by atoms with van der Waals surface area (Å²) in [4.78, 5) is 5.60. The lowest BCUT2D eigenvalue weighted by atomic mass is 10.1. The molecule has 3 N–H and O–H groups in total. The van der Waals surface area contributed by atoms with Crippen LogP contribution in [0.15, 0.2) is 22.8 Å². The fraction of sp³-hybridized carbons (Fsp3) is 0.467. The minimum absolute atomic E-state index is 0.236. The Morgan fingerprint density at radius 3 is 3.05 bits per heavy atom. The van der Waals surface area contributed by atoms with Crippen molar-refractivity contribution in [1.82, 2.24) is 9.88 Å². The van der Waals surface area contributed by atoms with Gasteiger partial charge in [0.25, 0.3) is 0 Å². The van der Waals surface area contributed by atoms with Crippen LogP contribution in [0.1, 0.15) is 18.4 Å². The molecule has 0 bridgehead atoms. The van der Waals surface area contributed by atoms with E-state index in [1.54, 1.807) is 6.07 Å². The highest BCUT2D eigenvalue weighted by Crippen LogP contribution is 2.33. The van der Waals surface area contributed by atoms with Crippen molar-refractivity contribution in [3.63, 3.8) is 0 Å².